The second-order valence-electron chi connectivity index (χ2n) is 3.98. The van der Waals surface area contributed by atoms with E-state index in [1.807, 2.05) is 18.2 Å². The minimum absolute atomic E-state index is 0.316. The van der Waals surface area contributed by atoms with E-state index in [4.69, 9.17) is 4.74 Å². The van der Waals surface area contributed by atoms with E-state index in [2.05, 4.69) is 54.0 Å². The fourth-order valence-corrected chi connectivity index (χ4v) is 2.65. The molecule has 0 aliphatic heterocycles. The molecule has 1 N–H and O–H groups in total. The zero-order valence-electron chi connectivity index (χ0n) is 11.0. The molecule has 108 valence electrons. The number of halogens is 2. The Morgan fingerprint density at radius 2 is 2.24 bits per heavy atom. The Morgan fingerprint density at radius 1 is 1.43 bits per heavy atom. The highest BCUT2D eigenvalue weighted by molar-refractivity contribution is 14.1. The molecule has 1 aromatic carbocycles. The van der Waals surface area contributed by atoms with Crippen molar-refractivity contribution in [2.24, 2.45) is 5.10 Å². The summed E-state index contributed by atoms with van der Waals surface area (Å²) in [5.74, 6) is 0.486. The third-order valence-electron chi connectivity index (χ3n) is 2.52. The maximum atomic E-state index is 11.8. The molecule has 0 unspecified atom stereocenters. The molecule has 0 atom stereocenters. The number of hydrazone groups is 1. The molecule has 1 heterocycles. The standard InChI is InChI=1S/C14H11BrIN3O2/c1-21-13-3-2-9(4-12(13)16)6-18-19-14(20)10-5-11(15)8-17-7-10/h2-8H,1H3,(H,19,20)/b18-6+. The van der Waals surface area contributed by atoms with Gasteiger partial charge in [0.05, 0.1) is 22.5 Å². The summed E-state index contributed by atoms with van der Waals surface area (Å²) in [6, 6.07) is 7.30. The number of nitrogens with one attached hydrogen (secondary N) is 1. The number of rotatable bonds is 4. The molecule has 0 saturated heterocycles. The fraction of sp³-hybridized carbons (Fsp3) is 0.0714. The van der Waals surface area contributed by atoms with Crippen molar-refractivity contribution in [3.63, 3.8) is 0 Å². The van der Waals surface area contributed by atoms with Gasteiger partial charge in [-0.15, -0.1) is 0 Å². The van der Waals surface area contributed by atoms with E-state index in [0.717, 1.165) is 19.4 Å². The van der Waals surface area contributed by atoms with Gasteiger partial charge in [0.25, 0.3) is 5.91 Å². The predicted octanol–water partition coefficient (Wildman–Crippen LogP) is 3.22. The molecule has 1 aromatic heterocycles. The van der Waals surface area contributed by atoms with Gasteiger partial charge in [0.2, 0.25) is 0 Å². The summed E-state index contributed by atoms with van der Waals surface area (Å²) in [6.45, 7) is 0. The summed E-state index contributed by atoms with van der Waals surface area (Å²) in [4.78, 5) is 15.8. The van der Waals surface area contributed by atoms with Crippen LogP contribution in [0.1, 0.15) is 15.9 Å². The molecule has 0 aliphatic rings. The lowest BCUT2D eigenvalue weighted by Gasteiger charge is -2.03. The SMILES string of the molecule is COc1ccc(/C=N/NC(=O)c2cncc(Br)c2)cc1I. The van der Waals surface area contributed by atoms with Crippen molar-refractivity contribution in [1.29, 1.82) is 0 Å². The monoisotopic (exact) mass is 459 g/mol. The van der Waals surface area contributed by atoms with Crippen molar-refractivity contribution in [1.82, 2.24) is 10.4 Å². The number of hydrogen-bond acceptors (Lipinski definition) is 4. The van der Waals surface area contributed by atoms with Gasteiger partial charge >= 0.3 is 0 Å². The van der Waals surface area contributed by atoms with Crippen molar-refractivity contribution in [2.45, 2.75) is 0 Å². The Kier molecular flexibility index (Phi) is 5.68. The minimum atomic E-state index is -0.316. The van der Waals surface area contributed by atoms with Gasteiger partial charge in [-0.25, -0.2) is 5.43 Å². The number of pyridine rings is 1. The highest BCUT2D eigenvalue weighted by Gasteiger charge is 2.05. The lowest BCUT2D eigenvalue weighted by atomic mass is 10.2. The van der Waals surface area contributed by atoms with Gasteiger partial charge in [-0.3, -0.25) is 9.78 Å². The Hall–Kier alpha value is -1.48. The lowest BCUT2D eigenvalue weighted by molar-refractivity contribution is 0.0954. The van der Waals surface area contributed by atoms with Gasteiger partial charge in [0, 0.05) is 16.9 Å². The maximum Gasteiger partial charge on any atom is 0.272 e. The Morgan fingerprint density at radius 3 is 2.90 bits per heavy atom. The number of carbonyl (C=O) groups is 1. The highest BCUT2D eigenvalue weighted by atomic mass is 127. The average Bonchev–Trinajstić information content (AvgIpc) is 2.47. The largest absolute Gasteiger partial charge is 0.496 e. The molecule has 2 aromatic rings. The van der Waals surface area contributed by atoms with Crippen LogP contribution in [-0.2, 0) is 0 Å². The van der Waals surface area contributed by atoms with E-state index in [1.54, 1.807) is 25.6 Å². The Bertz CT molecular complexity index is 692. The molecule has 7 heteroatoms. The van der Waals surface area contributed by atoms with Gasteiger partial charge in [-0.1, -0.05) is 0 Å². The molecular formula is C14H11BrIN3O2. The molecule has 1 amide bonds. The molecule has 0 spiro atoms. The third-order valence-corrected chi connectivity index (χ3v) is 3.80. The second-order valence-corrected chi connectivity index (χ2v) is 6.06. The van der Waals surface area contributed by atoms with Gasteiger partial charge in [-0.05, 0) is 68.3 Å². The van der Waals surface area contributed by atoms with E-state index in [-0.39, 0.29) is 5.91 Å². The summed E-state index contributed by atoms with van der Waals surface area (Å²) in [5, 5.41) is 3.93. The van der Waals surface area contributed by atoms with Crippen LogP contribution in [0.25, 0.3) is 0 Å². The number of hydrogen-bond donors (Lipinski definition) is 1. The Labute approximate surface area is 144 Å². The van der Waals surface area contributed by atoms with Gasteiger partial charge in [0.1, 0.15) is 5.75 Å². The molecular weight excluding hydrogens is 449 g/mol. The molecule has 0 aliphatic carbocycles. The molecule has 5 nitrogen and oxygen atoms in total. The van der Waals surface area contributed by atoms with Crippen LogP contribution in [0.5, 0.6) is 5.75 Å². The van der Waals surface area contributed by atoms with Crippen LogP contribution in [-0.4, -0.2) is 24.2 Å². The van der Waals surface area contributed by atoms with Crippen LogP contribution in [0.2, 0.25) is 0 Å². The summed E-state index contributed by atoms with van der Waals surface area (Å²) in [5.41, 5.74) is 3.76. The molecule has 0 saturated carbocycles. The smallest absolute Gasteiger partial charge is 0.272 e. The molecule has 0 radical (unpaired) electrons. The number of methoxy groups -OCH3 is 1. The topological polar surface area (TPSA) is 63.6 Å². The van der Waals surface area contributed by atoms with Crippen LogP contribution in [0, 0.1) is 3.57 Å². The summed E-state index contributed by atoms with van der Waals surface area (Å²) in [7, 11) is 1.62. The zero-order chi connectivity index (χ0) is 15.2. The number of benzene rings is 1. The minimum Gasteiger partial charge on any atom is -0.496 e. The summed E-state index contributed by atoms with van der Waals surface area (Å²) >= 11 is 5.44. The van der Waals surface area contributed by atoms with Crippen LogP contribution in [0.15, 0.2) is 46.2 Å². The van der Waals surface area contributed by atoms with Gasteiger partial charge < -0.3 is 4.74 Å². The molecule has 0 fully saturated rings. The van der Waals surface area contributed by atoms with Crippen molar-refractivity contribution >= 4 is 50.6 Å². The van der Waals surface area contributed by atoms with Crippen LogP contribution >= 0.6 is 38.5 Å². The molecule has 21 heavy (non-hydrogen) atoms. The molecule has 2 rings (SSSR count). The normalized spacial score (nSPS) is 10.6. The fourth-order valence-electron chi connectivity index (χ4n) is 1.53. The zero-order valence-corrected chi connectivity index (χ0v) is 14.8. The number of amides is 1. The highest BCUT2D eigenvalue weighted by Crippen LogP contribution is 2.20. The van der Waals surface area contributed by atoms with Crippen molar-refractivity contribution in [3.05, 3.63) is 55.8 Å². The number of aromatic nitrogens is 1. The first kappa shape index (κ1) is 15.9. The lowest BCUT2D eigenvalue weighted by Crippen LogP contribution is -2.17. The van der Waals surface area contributed by atoms with E-state index < -0.39 is 0 Å². The predicted molar refractivity (Wildman–Crippen MR) is 92.7 cm³/mol. The first-order chi connectivity index (χ1) is 10.1. The van der Waals surface area contributed by atoms with Crippen LogP contribution in [0.4, 0.5) is 0 Å². The van der Waals surface area contributed by atoms with E-state index in [9.17, 15) is 4.79 Å². The van der Waals surface area contributed by atoms with E-state index in [1.165, 1.54) is 6.20 Å². The maximum absolute atomic E-state index is 11.8. The summed E-state index contributed by atoms with van der Waals surface area (Å²) < 4.78 is 6.89. The first-order valence-corrected chi connectivity index (χ1v) is 7.75. The summed E-state index contributed by atoms with van der Waals surface area (Å²) in [6.07, 6.45) is 4.66. The van der Waals surface area contributed by atoms with Crippen molar-refractivity contribution < 1.29 is 9.53 Å². The quantitative estimate of drug-likeness (QED) is 0.433. The first-order valence-electron chi connectivity index (χ1n) is 5.87. The van der Waals surface area contributed by atoms with Crippen molar-refractivity contribution in [2.75, 3.05) is 7.11 Å². The third kappa shape index (κ3) is 4.50. The van der Waals surface area contributed by atoms with Crippen LogP contribution in [0.3, 0.4) is 0 Å². The van der Waals surface area contributed by atoms with Crippen LogP contribution < -0.4 is 10.2 Å². The van der Waals surface area contributed by atoms with Crippen molar-refractivity contribution in [3.8, 4) is 5.75 Å². The second kappa shape index (κ2) is 7.51. The Balaban J connectivity index is 2.02. The number of carbonyl (C=O) groups excluding carboxylic acids is 1. The van der Waals surface area contributed by atoms with E-state index in [0.29, 0.717) is 5.56 Å². The average molecular weight is 460 g/mol. The van der Waals surface area contributed by atoms with E-state index >= 15 is 0 Å². The van der Waals surface area contributed by atoms with Gasteiger partial charge in [-0.2, -0.15) is 5.10 Å². The number of nitrogens with zero attached hydrogens (tertiary/aromatic N) is 2. The molecule has 0 bridgehead atoms. The van der Waals surface area contributed by atoms with Gasteiger partial charge in [0.15, 0.2) is 0 Å². The number of ether oxygens (including phenoxy) is 1.